The molecule has 0 aromatic heterocycles. The van der Waals surface area contributed by atoms with Gasteiger partial charge in [0.25, 0.3) is 0 Å². The van der Waals surface area contributed by atoms with Crippen LogP contribution in [0.15, 0.2) is 24.3 Å². The number of rotatable bonds is 3. The molecular weight excluding hydrogens is 297 g/mol. The number of hydrogen-bond acceptors (Lipinski definition) is 2. The molecule has 1 aromatic rings. The second-order valence-corrected chi connectivity index (χ2v) is 6.63. The predicted octanol–water partition coefficient (Wildman–Crippen LogP) is 1.60. The van der Waals surface area contributed by atoms with Crippen LogP contribution in [0.2, 0.25) is 0 Å². The SMILES string of the molecule is B#P(I)c1ccc(OCCO)cc1. The Morgan fingerprint density at radius 2 is 2.00 bits per heavy atom. The van der Waals surface area contributed by atoms with Gasteiger partial charge in [0, 0.05) is 0 Å². The van der Waals surface area contributed by atoms with Crippen LogP contribution >= 0.6 is 26.9 Å². The van der Waals surface area contributed by atoms with Gasteiger partial charge >= 0.3 is 92.3 Å². The molecule has 0 amide bonds. The molecule has 0 aliphatic heterocycles. The molecule has 0 aliphatic carbocycles. The number of halogens is 1. The molecule has 0 fully saturated rings. The van der Waals surface area contributed by atoms with E-state index in [-0.39, 0.29) is 6.61 Å². The average Bonchev–Trinajstić information content (AvgIpc) is 2.15. The monoisotopic (exact) mass is 306 g/mol. The molecule has 0 heterocycles. The molecule has 1 atom stereocenters. The van der Waals surface area contributed by atoms with E-state index in [1.54, 1.807) is 0 Å². The molecule has 1 aromatic carbocycles. The molecular formula is C8H9BIO2P. The Hall–Kier alpha value is 0.0749. The van der Waals surface area contributed by atoms with Gasteiger partial charge in [-0.2, -0.15) is 0 Å². The van der Waals surface area contributed by atoms with Crippen LogP contribution < -0.4 is 10.0 Å². The average molecular weight is 306 g/mol. The van der Waals surface area contributed by atoms with Crippen LogP contribution in [0.3, 0.4) is 0 Å². The number of hydrogen-bond donors (Lipinski definition) is 1. The van der Waals surface area contributed by atoms with Crippen LogP contribution in [0.1, 0.15) is 0 Å². The van der Waals surface area contributed by atoms with Crippen molar-refractivity contribution in [1.29, 1.82) is 0 Å². The molecule has 0 radical (unpaired) electrons. The zero-order valence-electron chi connectivity index (χ0n) is 6.98. The van der Waals surface area contributed by atoms with Gasteiger partial charge in [-0.25, -0.2) is 0 Å². The van der Waals surface area contributed by atoms with Gasteiger partial charge in [0.05, 0.1) is 0 Å². The zero-order chi connectivity index (χ0) is 9.68. The van der Waals surface area contributed by atoms with E-state index in [9.17, 15) is 0 Å². The number of benzene rings is 1. The predicted molar refractivity (Wildman–Crippen MR) is 65.4 cm³/mol. The van der Waals surface area contributed by atoms with Gasteiger partial charge in [0.15, 0.2) is 0 Å². The zero-order valence-corrected chi connectivity index (χ0v) is 10.0. The molecule has 68 valence electrons. The minimum absolute atomic E-state index is 0.0393. The Bertz CT molecular complexity index is 330. The molecule has 5 heteroatoms. The summed E-state index contributed by atoms with van der Waals surface area (Å²) in [6.07, 6.45) is 0. The van der Waals surface area contributed by atoms with Crippen LogP contribution in [-0.2, 0) is 0 Å². The molecule has 13 heavy (non-hydrogen) atoms. The van der Waals surface area contributed by atoms with E-state index >= 15 is 0 Å². The fourth-order valence-electron chi connectivity index (χ4n) is 0.848. The molecule has 1 rings (SSSR count). The molecule has 0 aliphatic rings. The molecule has 1 N–H and O–H groups in total. The van der Waals surface area contributed by atoms with Gasteiger partial charge in [-0.1, -0.05) is 0 Å². The number of ether oxygens (including phenoxy) is 1. The van der Waals surface area contributed by atoms with Crippen LogP contribution in [0.4, 0.5) is 0 Å². The van der Waals surface area contributed by atoms with Crippen LogP contribution in [0.25, 0.3) is 0 Å². The maximum absolute atomic E-state index is 8.53. The third kappa shape index (κ3) is 3.75. The second-order valence-electron chi connectivity index (χ2n) is 2.38. The summed E-state index contributed by atoms with van der Waals surface area (Å²) in [4.78, 5) is -0.556. The first-order chi connectivity index (χ1) is 6.24. The number of aliphatic hydroxyl groups excluding tert-OH is 1. The Balaban J connectivity index is 2.66. The first-order valence-corrected chi connectivity index (χ1v) is 7.98. The molecule has 0 saturated heterocycles. The molecule has 0 saturated carbocycles. The van der Waals surface area contributed by atoms with E-state index in [1.807, 2.05) is 24.3 Å². The number of aliphatic hydroxyl groups is 1. The fourth-order valence-corrected chi connectivity index (χ4v) is 2.25. The minimum atomic E-state index is -0.556. The van der Waals surface area contributed by atoms with Gasteiger partial charge in [0.1, 0.15) is 0 Å². The summed E-state index contributed by atoms with van der Waals surface area (Å²) < 4.78 is 5.20. The summed E-state index contributed by atoms with van der Waals surface area (Å²) >= 11 is 2.21. The van der Waals surface area contributed by atoms with Crippen molar-refractivity contribution < 1.29 is 9.84 Å². The Morgan fingerprint density at radius 3 is 2.46 bits per heavy atom. The summed E-state index contributed by atoms with van der Waals surface area (Å²) in [7, 11) is 5.73. The third-order valence-corrected chi connectivity index (χ3v) is 3.91. The molecule has 0 bridgehead atoms. The second kappa shape index (κ2) is 5.73. The summed E-state index contributed by atoms with van der Waals surface area (Å²) in [5.41, 5.74) is 0. The van der Waals surface area contributed by atoms with E-state index in [2.05, 4.69) is 22.0 Å². The van der Waals surface area contributed by atoms with Gasteiger partial charge in [-0.3, -0.25) is 0 Å². The van der Waals surface area contributed by atoms with Gasteiger partial charge in [-0.05, 0) is 0 Å². The summed E-state index contributed by atoms with van der Waals surface area (Å²) in [5.74, 6) is 0.769. The fraction of sp³-hybridized carbons (Fsp3) is 0.250. The standard InChI is InChI=1S/C8H9BIO2P/c9-13(10)8-3-1-7(2-4-8)12-6-5-11/h1-4,11H,5-6H2. The Morgan fingerprint density at radius 1 is 1.38 bits per heavy atom. The Kier molecular flexibility index (Phi) is 4.92. The van der Waals surface area contributed by atoms with Crippen molar-refractivity contribution >= 4 is 39.2 Å². The van der Waals surface area contributed by atoms with Crippen LogP contribution in [0, 0.1) is 0 Å². The first kappa shape index (κ1) is 11.2. The van der Waals surface area contributed by atoms with Crippen molar-refractivity contribution in [3.63, 3.8) is 0 Å². The molecule has 0 spiro atoms. The normalized spacial score (nSPS) is 11.2. The van der Waals surface area contributed by atoms with E-state index in [0.29, 0.717) is 6.61 Å². The summed E-state index contributed by atoms with van der Waals surface area (Å²) in [5, 5.41) is 9.66. The quantitative estimate of drug-likeness (QED) is 0.522. The third-order valence-electron chi connectivity index (χ3n) is 1.44. The van der Waals surface area contributed by atoms with Gasteiger partial charge < -0.3 is 0 Å². The van der Waals surface area contributed by atoms with Crippen LogP contribution in [-0.4, -0.2) is 25.3 Å². The van der Waals surface area contributed by atoms with Crippen molar-refractivity contribution in [2.24, 2.45) is 0 Å². The maximum atomic E-state index is 8.53. The van der Waals surface area contributed by atoms with Gasteiger partial charge in [0.2, 0.25) is 0 Å². The van der Waals surface area contributed by atoms with Crippen molar-refractivity contribution in [1.82, 2.24) is 0 Å². The topological polar surface area (TPSA) is 29.5 Å². The van der Waals surface area contributed by atoms with E-state index in [0.717, 1.165) is 11.1 Å². The van der Waals surface area contributed by atoms with Crippen molar-refractivity contribution in [3.05, 3.63) is 24.3 Å². The van der Waals surface area contributed by atoms with Crippen molar-refractivity contribution in [2.45, 2.75) is 0 Å². The first-order valence-electron chi connectivity index (χ1n) is 3.78. The molecule has 1 unspecified atom stereocenters. The van der Waals surface area contributed by atoms with E-state index in [1.165, 1.54) is 0 Å². The Labute approximate surface area is 92.2 Å². The van der Waals surface area contributed by atoms with Crippen molar-refractivity contribution in [2.75, 3.05) is 13.2 Å². The van der Waals surface area contributed by atoms with Crippen LogP contribution in [0.5, 0.6) is 5.75 Å². The summed E-state index contributed by atoms with van der Waals surface area (Å²) in [6.45, 7) is 0.374. The summed E-state index contributed by atoms with van der Waals surface area (Å²) in [6, 6.07) is 7.63. The van der Waals surface area contributed by atoms with E-state index in [4.69, 9.17) is 16.9 Å². The molecule has 2 nitrogen and oxygen atoms in total. The van der Waals surface area contributed by atoms with Crippen molar-refractivity contribution in [3.8, 4) is 5.75 Å². The van der Waals surface area contributed by atoms with E-state index < -0.39 is 4.88 Å². The van der Waals surface area contributed by atoms with Gasteiger partial charge in [-0.15, -0.1) is 0 Å².